The Hall–Kier alpha value is -3.95. The van der Waals surface area contributed by atoms with E-state index in [9.17, 15) is 14.4 Å². The molecule has 10 nitrogen and oxygen atoms in total. The van der Waals surface area contributed by atoms with Crippen LogP contribution in [-0.2, 0) is 11.2 Å². The molecule has 0 radical (unpaired) electrons. The predicted octanol–water partition coefficient (Wildman–Crippen LogP) is 0.975. The van der Waals surface area contributed by atoms with Crippen LogP contribution < -0.4 is 21.1 Å². The molecule has 1 aromatic carbocycles. The second kappa shape index (κ2) is 9.03. The van der Waals surface area contributed by atoms with Crippen molar-refractivity contribution in [2.45, 2.75) is 27.2 Å². The average molecular weight is 410 g/mol. The molecule has 0 fully saturated rings. The lowest BCUT2D eigenvalue weighted by Gasteiger charge is -2.12. The van der Waals surface area contributed by atoms with Gasteiger partial charge in [0.05, 0.1) is 17.5 Å². The van der Waals surface area contributed by atoms with Crippen LogP contribution in [0.1, 0.15) is 34.1 Å². The first kappa shape index (κ1) is 20.8. The van der Waals surface area contributed by atoms with Crippen molar-refractivity contribution in [2.75, 3.05) is 6.61 Å². The van der Waals surface area contributed by atoms with Gasteiger partial charge in [-0.05, 0) is 37.5 Å². The van der Waals surface area contributed by atoms with Crippen LogP contribution in [-0.4, -0.2) is 38.4 Å². The molecule has 0 saturated heterocycles. The van der Waals surface area contributed by atoms with Gasteiger partial charge in [0, 0.05) is 6.07 Å². The standard InChI is InChI=1S/C20H22N6O4/c1-4-15-14(10-21-26(15)16-8-9-17(27)23-22-16)20(29)25-24-18(28)11-30-19-12(2)6-5-7-13(19)3/h5-10H,4,11H2,1-3H3,(H,23,27)(H,24,28)(H,25,29). The Labute approximate surface area is 172 Å². The molecule has 0 bridgehead atoms. The number of aromatic nitrogens is 4. The van der Waals surface area contributed by atoms with Gasteiger partial charge in [-0.3, -0.25) is 25.2 Å². The van der Waals surface area contributed by atoms with Crippen molar-refractivity contribution in [3.63, 3.8) is 0 Å². The fourth-order valence-electron chi connectivity index (χ4n) is 2.95. The molecular weight excluding hydrogens is 388 g/mol. The molecule has 0 spiro atoms. The highest BCUT2D eigenvalue weighted by molar-refractivity contribution is 5.96. The minimum Gasteiger partial charge on any atom is -0.483 e. The smallest absolute Gasteiger partial charge is 0.276 e. The van der Waals surface area contributed by atoms with E-state index in [4.69, 9.17) is 4.74 Å². The number of carbonyl (C=O) groups excluding carboxylic acids is 2. The van der Waals surface area contributed by atoms with Crippen LogP contribution in [0.2, 0.25) is 0 Å². The van der Waals surface area contributed by atoms with Gasteiger partial charge in [0.2, 0.25) is 0 Å². The number of aromatic amines is 1. The number of hydrogen-bond donors (Lipinski definition) is 3. The summed E-state index contributed by atoms with van der Waals surface area (Å²) < 4.78 is 7.02. The Morgan fingerprint density at radius 2 is 1.87 bits per heavy atom. The number of para-hydroxylation sites is 1. The third kappa shape index (κ3) is 4.54. The number of hydrogen-bond acceptors (Lipinski definition) is 6. The maximum atomic E-state index is 12.5. The van der Waals surface area contributed by atoms with Crippen LogP contribution >= 0.6 is 0 Å². The molecule has 3 aromatic rings. The number of nitrogens with one attached hydrogen (secondary N) is 3. The summed E-state index contributed by atoms with van der Waals surface area (Å²) in [6.07, 6.45) is 1.85. The third-order valence-electron chi connectivity index (χ3n) is 4.40. The van der Waals surface area contributed by atoms with E-state index in [1.165, 1.54) is 23.0 Å². The highest BCUT2D eigenvalue weighted by Gasteiger charge is 2.18. The Bertz CT molecular complexity index is 1090. The summed E-state index contributed by atoms with van der Waals surface area (Å²) in [5.74, 6) is -0.0137. The summed E-state index contributed by atoms with van der Waals surface area (Å²) in [5, 5.41) is 10.4. The number of aryl methyl sites for hydroxylation is 2. The molecule has 156 valence electrons. The number of carbonyl (C=O) groups is 2. The highest BCUT2D eigenvalue weighted by atomic mass is 16.5. The van der Waals surface area contributed by atoms with Crippen molar-refractivity contribution >= 4 is 11.8 Å². The fourth-order valence-corrected chi connectivity index (χ4v) is 2.95. The van der Waals surface area contributed by atoms with Gasteiger partial charge in [-0.15, -0.1) is 0 Å². The van der Waals surface area contributed by atoms with Crippen molar-refractivity contribution in [3.05, 3.63) is 69.3 Å². The van der Waals surface area contributed by atoms with Gasteiger partial charge in [0.15, 0.2) is 12.4 Å². The summed E-state index contributed by atoms with van der Waals surface area (Å²) in [7, 11) is 0. The second-order valence-electron chi connectivity index (χ2n) is 6.56. The molecule has 10 heteroatoms. The Morgan fingerprint density at radius 1 is 1.13 bits per heavy atom. The topological polar surface area (TPSA) is 131 Å². The largest absolute Gasteiger partial charge is 0.483 e. The molecule has 3 N–H and O–H groups in total. The van der Waals surface area contributed by atoms with Crippen LogP contribution in [0.15, 0.2) is 41.3 Å². The lowest BCUT2D eigenvalue weighted by Crippen LogP contribution is -2.44. The molecule has 0 aliphatic heterocycles. The lowest BCUT2D eigenvalue weighted by molar-refractivity contribution is -0.123. The van der Waals surface area contributed by atoms with Gasteiger partial charge in [0.25, 0.3) is 17.4 Å². The van der Waals surface area contributed by atoms with Gasteiger partial charge in [0.1, 0.15) is 5.75 Å². The summed E-state index contributed by atoms with van der Waals surface area (Å²) in [4.78, 5) is 35.8. The first-order valence-corrected chi connectivity index (χ1v) is 9.32. The van der Waals surface area contributed by atoms with Crippen molar-refractivity contribution < 1.29 is 14.3 Å². The Balaban J connectivity index is 1.63. The summed E-state index contributed by atoms with van der Waals surface area (Å²) in [5.41, 5.74) is 7.05. The molecule has 2 heterocycles. The number of H-pyrrole nitrogens is 1. The van der Waals surface area contributed by atoms with Gasteiger partial charge in [-0.25, -0.2) is 9.78 Å². The van der Waals surface area contributed by atoms with Crippen molar-refractivity contribution in [1.29, 1.82) is 0 Å². The summed E-state index contributed by atoms with van der Waals surface area (Å²) in [6.45, 7) is 5.40. The minimum absolute atomic E-state index is 0.243. The summed E-state index contributed by atoms with van der Waals surface area (Å²) >= 11 is 0. The molecule has 0 unspecified atom stereocenters. The van der Waals surface area contributed by atoms with Crippen LogP contribution in [0, 0.1) is 13.8 Å². The maximum Gasteiger partial charge on any atom is 0.276 e. The molecule has 30 heavy (non-hydrogen) atoms. The van der Waals surface area contributed by atoms with E-state index in [0.29, 0.717) is 23.7 Å². The van der Waals surface area contributed by atoms with E-state index >= 15 is 0 Å². The number of ether oxygens (including phenoxy) is 1. The first-order valence-electron chi connectivity index (χ1n) is 9.32. The van der Waals surface area contributed by atoms with Crippen LogP contribution in [0.4, 0.5) is 0 Å². The lowest BCUT2D eigenvalue weighted by atomic mass is 10.1. The Kier molecular flexibility index (Phi) is 6.26. The zero-order chi connectivity index (χ0) is 21.7. The second-order valence-corrected chi connectivity index (χ2v) is 6.56. The average Bonchev–Trinajstić information content (AvgIpc) is 3.16. The SMILES string of the molecule is CCc1c(C(=O)NNC(=O)COc2c(C)cccc2C)cnn1-c1ccc(=O)[nH]n1. The highest BCUT2D eigenvalue weighted by Crippen LogP contribution is 2.22. The monoisotopic (exact) mass is 410 g/mol. The number of benzene rings is 1. The van der Waals surface area contributed by atoms with Gasteiger partial charge < -0.3 is 4.74 Å². The number of rotatable bonds is 6. The van der Waals surface area contributed by atoms with E-state index in [1.54, 1.807) is 0 Å². The van der Waals surface area contributed by atoms with Gasteiger partial charge in [-0.2, -0.15) is 10.2 Å². The number of nitrogens with zero attached hydrogens (tertiary/aromatic N) is 3. The van der Waals surface area contributed by atoms with Crippen LogP contribution in [0.3, 0.4) is 0 Å². The first-order chi connectivity index (χ1) is 14.4. The predicted molar refractivity (Wildman–Crippen MR) is 108 cm³/mol. The van der Waals surface area contributed by atoms with Crippen molar-refractivity contribution in [2.24, 2.45) is 0 Å². The van der Waals surface area contributed by atoms with Crippen LogP contribution in [0.25, 0.3) is 5.82 Å². The maximum absolute atomic E-state index is 12.5. The minimum atomic E-state index is -0.525. The quantitative estimate of drug-likeness (QED) is 0.519. The molecule has 3 rings (SSSR count). The van der Waals surface area contributed by atoms with E-state index in [2.05, 4.69) is 26.1 Å². The van der Waals surface area contributed by atoms with E-state index < -0.39 is 11.8 Å². The molecule has 0 atom stereocenters. The zero-order valence-electron chi connectivity index (χ0n) is 16.9. The van der Waals surface area contributed by atoms with Crippen molar-refractivity contribution in [3.8, 4) is 11.6 Å². The van der Waals surface area contributed by atoms with E-state index in [1.807, 2.05) is 39.0 Å². The van der Waals surface area contributed by atoms with Crippen molar-refractivity contribution in [1.82, 2.24) is 30.8 Å². The van der Waals surface area contributed by atoms with E-state index in [0.717, 1.165) is 11.1 Å². The van der Waals surface area contributed by atoms with E-state index in [-0.39, 0.29) is 17.7 Å². The van der Waals surface area contributed by atoms with Gasteiger partial charge >= 0.3 is 0 Å². The normalized spacial score (nSPS) is 10.5. The number of amides is 2. The van der Waals surface area contributed by atoms with Crippen LogP contribution in [0.5, 0.6) is 5.75 Å². The molecule has 2 amide bonds. The molecule has 0 aliphatic carbocycles. The van der Waals surface area contributed by atoms with Gasteiger partial charge in [-0.1, -0.05) is 25.1 Å². The molecular formula is C20H22N6O4. The Morgan fingerprint density at radius 3 is 2.50 bits per heavy atom. The summed E-state index contributed by atoms with van der Waals surface area (Å²) in [6, 6.07) is 8.51. The third-order valence-corrected chi connectivity index (χ3v) is 4.40. The molecule has 0 saturated carbocycles. The zero-order valence-corrected chi connectivity index (χ0v) is 16.9. The molecule has 2 aromatic heterocycles. The molecule has 0 aliphatic rings. The number of hydrazine groups is 1. The fraction of sp³-hybridized carbons (Fsp3) is 0.250.